The van der Waals surface area contributed by atoms with Gasteiger partial charge >= 0.3 is 0 Å². The lowest BCUT2D eigenvalue weighted by atomic mass is 10.3. The first-order valence-electron chi connectivity index (χ1n) is 3.66. The summed E-state index contributed by atoms with van der Waals surface area (Å²) in [6.07, 6.45) is 0. The van der Waals surface area contributed by atoms with E-state index in [1.807, 2.05) is 0 Å². The molecule has 0 atom stereocenters. The first-order valence-corrected chi connectivity index (χ1v) is 3.66. The van der Waals surface area contributed by atoms with Crippen molar-refractivity contribution < 1.29 is 10.5 Å². The van der Waals surface area contributed by atoms with E-state index in [0.29, 0.717) is 0 Å². The zero-order valence-corrected chi connectivity index (χ0v) is 8.05. The highest BCUT2D eigenvalue weighted by Gasteiger charge is 1.68. The summed E-state index contributed by atoms with van der Waals surface area (Å²) in [5.41, 5.74) is 0. The molecule has 0 aliphatic carbocycles. The molecular weight excluding hydrogens is 128 g/mol. The van der Waals surface area contributed by atoms with E-state index in [1.165, 1.54) is 0 Å². The van der Waals surface area contributed by atoms with E-state index in [-0.39, 0.29) is 0 Å². The summed E-state index contributed by atoms with van der Waals surface area (Å²) < 4.78 is 0. The predicted octanol–water partition coefficient (Wildman–Crippen LogP) is 3.34. The molecule has 0 aromatic rings. The lowest BCUT2D eigenvalue weighted by Gasteiger charge is -1.79. The second kappa shape index (κ2) is 16.0. The quantitative estimate of drug-likeness (QED) is 0.410. The monoisotopic (exact) mass is 150 g/mol. The fourth-order valence-electron chi connectivity index (χ4n) is 0. The molecule has 0 aliphatic heterocycles. The molecule has 2 heteroatoms. The Morgan fingerprint density at radius 2 is 0.600 bits per heavy atom. The van der Waals surface area contributed by atoms with Gasteiger partial charge in [-0.05, 0) is 11.8 Å². The maximum atomic E-state index is 6.00. The smallest absolute Gasteiger partial charge is 0.0500 e. The van der Waals surface area contributed by atoms with Gasteiger partial charge in [0.1, 0.15) is 0 Å². The Morgan fingerprint density at radius 3 is 0.600 bits per heavy atom. The van der Waals surface area contributed by atoms with E-state index >= 15 is 0 Å². The van der Waals surface area contributed by atoms with Crippen LogP contribution in [-0.4, -0.2) is 10.5 Å². The summed E-state index contributed by atoms with van der Waals surface area (Å²) >= 11 is 0. The second-order valence-corrected chi connectivity index (χ2v) is 3.46. The molecule has 0 unspecified atom stereocenters. The average Bonchev–Trinajstić information content (AvgIpc) is 1.66. The minimum absolute atomic E-state index is 0.833. The van der Waals surface area contributed by atoms with E-state index < -0.39 is 0 Å². The zero-order valence-electron chi connectivity index (χ0n) is 8.05. The zero-order chi connectivity index (χ0) is 9.15. The summed E-state index contributed by atoms with van der Waals surface area (Å²) in [4.78, 5) is 0. The molecule has 0 saturated carbocycles. The fourth-order valence-corrected chi connectivity index (χ4v) is 0. The van der Waals surface area contributed by atoms with Crippen molar-refractivity contribution >= 4 is 0 Å². The first-order chi connectivity index (χ1) is 4.46. The third-order valence-corrected chi connectivity index (χ3v) is 0. The third-order valence-electron chi connectivity index (χ3n) is 0. The fraction of sp³-hybridized carbons (Fsp3) is 1.00. The first kappa shape index (κ1) is 16.5. The molecule has 0 radical (unpaired) electrons. The van der Waals surface area contributed by atoms with Crippen LogP contribution in [0, 0.1) is 11.8 Å². The van der Waals surface area contributed by atoms with Crippen LogP contribution in [0.15, 0.2) is 0 Å². The Labute approximate surface area is 64.8 Å². The SMILES string of the molecule is CC(C)C.CC(C)C.OO. The van der Waals surface area contributed by atoms with Crippen molar-refractivity contribution in [3.8, 4) is 0 Å². The second-order valence-electron chi connectivity index (χ2n) is 3.46. The van der Waals surface area contributed by atoms with Crippen molar-refractivity contribution in [3.63, 3.8) is 0 Å². The van der Waals surface area contributed by atoms with E-state index in [0.717, 1.165) is 11.8 Å². The summed E-state index contributed by atoms with van der Waals surface area (Å²) in [6, 6.07) is 0. The Hall–Kier alpha value is -0.0800. The molecule has 10 heavy (non-hydrogen) atoms. The highest BCUT2D eigenvalue weighted by atomic mass is 17.0. The van der Waals surface area contributed by atoms with Gasteiger partial charge in [0.05, 0.1) is 0 Å². The van der Waals surface area contributed by atoms with Crippen molar-refractivity contribution in [2.45, 2.75) is 41.5 Å². The summed E-state index contributed by atoms with van der Waals surface area (Å²) in [6.45, 7) is 13.0. The van der Waals surface area contributed by atoms with Crippen LogP contribution in [0.25, 0.3) is 0 Å². The number of hydrogen-bond donors (Lipinski definition) is 2. The van der Waals surface area contributed by atoms with Crippen LogP contribution in [0.4, 0.5) is 0 Å². The molecule has 2 nitrogen and oxygen atoms in total. The molecule has 0 aromatic heterocycles. The van der Waals surface area contributed by atoms with Crippen molar-refractivity contribution in [3.05, 3.63) is 0 Å². The molecule has 0 fully saturated rings. The molecule has 0 spiro atoms. The largest absolute Gasteiger partial charge is 0.255 e. The highest BCUT2D eigenvalue weighted by Crippen LogP contribution is 1.81. The van der Waals surface area contributed by atoms with Gasteiger partial charge in [0.15, 0.2) is 0 Å². The van der Waals surface area contributed by atoms with Crippen LogP contribution in [-0.2, 0) is 0 Å². The lowest BCUT2D eigenvalue weighted by molar-refractivity contribution is -0.176. The summed E-state index contributed by atoms with van der Waals surface area (Å²) in [5, 5.41) is 12.0. The van der Waals surface area contributed by atoms with Gasteiger partial charge in [-0.2, -0.15) is 0 Å². The topological polar surface area (TPSA) is 40.5 Å². The normalized spacial score (nSPS) is 7.80. The van der Waals surface area contributed by atoms with Crippen LogP contribution in [0.3, 0.4) is 0 Å². The van der Waals surface area contributed by atoms with Crippen LogP contribution in [0.1, 0.15) is 41.5 Å². The molecule has 0 heterocycles. The Balaban J connectivity index is -0.0000000787. The molecule has 66 valence electrons. The Bertz CT molecular complexity index is 22.7. The van der Waals surface area contributed by atoms with Crippen molar-refractivity contribution in [1.29, 1.82) is 0 Å². The van der Waals surface area contributed by atoms with Crippen molar-refractivity contribution in [2.24, 2.45) is 11.8 Å². The average molecular weight is 150 g/mol. The lowest BCUT2D eigenvalue weighted by Crippen LogP contribution is -1.66. The van der Waals surface area contributed by atoms with E-state index in [2.05, 4.69) is 41.5 Å². The summed E-state index contributed by atoms with van der Waals surface area (Å²) in [5.74, 6) is 1.67. The summed E-state index contributed by atoms with van der Waals surface area (Å²) in [7, 11) is 0. The minimum Gasteiger partial charge on any atom is -0.255 e. The van der Waals surface area contributed by atoms with Crippen molar-refractivity contribution in [2.75, 3.05) is 0 Å². The molecule has 0 aromatic carbocycles. The van der Waals surface area contributed by atoms with E-state index in [1.54, 1.807) is 0 Å². The maximum Gasteiger partial charge on any atom is -0.0500 e. The van der Waals surface area contributed by atoms with Gasteiger partial charge in [0.25, 0.3) is 0 Å². The van der Waals surface area contributed by atoms with Gasteiger partial charge in [0, 0.05) is 0 Å². The molecular formula is C8H22O2. The minimum atomic E-state index is 0.833. The third kappa shape index (κ3) is 59300. The predicted molar refractivity (Wildman–Crippen MR) is 46.3 cm³/mol. The van der Waals surface area contributed by atoms with Gasteiger partial charge in [-0.1, -0.05) is 41.5 Å². The number of hydrogen-bond acceptors (Lipinski definition) is 2. The van der Waals surface area contributed by atoms with Crippen LogP contribution in [0.5, 0.6) is 0 Å². The molecule has 0 rings (SSSR count). The van der Waals surface area contributed by atoms with Crippen LogP contribution >= 0.6 is 0 Å². The molecule has 0 amide bonds. The van der Waals surface area contributed by atoms with Gasteiger partial charge < -0.3 is 0 Å². The van der Waals surface area contributed by atoms with Gasteiger partial charge in [0.2, 0.25) is 0 Å². The number of rotatable bonds is 0. The molecule has 0 saturated heterocycles. The molecule has 2 N–H and O–H groups in total. The van der Waals surface area contributed by atoms with Gasteiger partial charge in [-0.3, -0.25) is 10.5 Å². The molecule has 0 bridgehead atoms. The standard InChI is InChI=1S/2C4H10.H2O2/c2*1-4(2)3;1-2/h2*4H,1-3H3;1-2H. The Kier molecular flexibility index (Phi) is 26.3. The van der Waals surface area contributed by atoms with Crippen LogP contribution < -0.4 is 0 Å². The van der Waals surface area contributed by atoms with Crippen LogP contribution in [0.2, 0.25) is 0 Å². The Morgan fingerprint density at radius 1 is 0.600 bits per heavy atom. The van der Waals surface area contributed by atoms with E-state index in [4.69, 9.17) is 10.5 Å². The van der Waals surface area contributed by atoms with Gasteiger partial charge in [-0.25, -0.2) is 0 Å². The van der Waals surface area contributed by atoms with Gasteiger partial charge in [-0.15, -0.1) is 0 Å². The highest BCUT2D eigenvalue weighted by molar-refractivity contribution is 4.21. The maximum absolute atomic E-state index is 6.00. The molecule has 0 aliphatic rings. The van der Waals surface area contributed by atoms with E-state index in [9.17, 15) is 0 Å². The van der Waals surface area contributed by atoms with Crippen molar-refractivity contribution in [1.82, 2.24) is 0 Å².